The summed E-state index contributed by atoms with van der Waals surface area (Å²) in [5, 5.41) is 0. The van der Waals surface area contributed by atoms with E-state index in [0.29, 0.717) is 0 Å². The molecule has 0 fully saturated rings. The molecule has 0 atom stereocenters. The monoisotopic (exact) mass is 259 g/mol. The highest BCUT2D eigenvalue weighted by atomic mass is 32.2. The molecule has 0 aromatic heterocycles. The average molecular weight is 259 g/mol. The highest BCUT2D eigenvalue weighted by molar-refractivity contribution is 7.89. The number of carbonyl (C=O) groups is 1. The average Bonchev–Trinajstić information content (AvgIpc) is 2.27. The van der Waals surface area contributed by atoms with Gasteiger partial charge in [0.25, 0.3) is 5.91 Å². The molecule has 0 aliphatic heterocycles. The molecule has 0 aliphatic carbocycles. The molecule has 1 aromatic carbocycles. The molecule has 0 bridgehead atoms. The molecule has 1 aromatic rings. The van der Waals surface area contributed by atoms with Gasteiger partial charge in [-0.2, -0.15) is 0 Å². The Balaban J connectivity index is 3.56. The van der Waals surface area contributed by atoms with E-state index in [1.165, 1.54) is 20.2 Å². The van der Waals surface area contributed by atoms with E-state index >= 15 is 0 Å². The lowest BCUT2D eigenvalue weighted by atomic mass is 10.1. The lowest BCUT2D eigenvalue weighted by Crippen LogP contribution is -2.21. The third kappa shape index (κ3) is 2.48. The zero-order chi connectivity index (χ0) is 13.2. The summed E-state index contributed by atoms with van der Waals surface area (Å²) in [6, 6.07) is 2.33. The number of nitrogens with one attached hydrogen (secondary N) is 1. The van der Waals surface area contributed by atoms with Gasteiger partial charge in [-0.25, -0.2) is 13.1 Å². The minimum Gasteiger partial charge on any atom is -0.496 e. The maximum atomic E-state index is 11.6. The van der Waals surface area contributed by atoms with Crippen molar-refractivity contribution in [1.29, 1.82) is 0 Å². The number of methoxy groups -OCH3 is 1. The van der Waals surface area contributed by atoms with Gasteiger partial charge in [-0.05, 0) is 13.1 Å². The summed E-state index contributed by atoms with van der Waals surface area (Å²) < 4.78 is 30.2. The van der Waals surface area contributed by atoms with Crippen LogP contribution in [-0.4, -0.2) is 28.5 Å². The number of hydrogen-bond acceptors (Lipinski definition) is 5. The van der Waals surface area contributed by atoms with Crippen LogP contribution in [0.5, 0.6) is 5.75 Å². The Kier molecular flexibility index (Phi) is 3.59. The first-order valence-corrected chi connectivity index (χ1v) is 6.02. The highest BCUT2D eigenvalue weighted by Gasteiger charge is 2.20. The van der Waals surface area contributed by atoms with Crippen LogP contribution in [0.1, 0.15) is 10.4 Å². The smallest absolute Gasteiger partial charge is 0.252 e. The lowest BCUT2D eigenvalue weighted by molar-refractivity contribution is 0.0997. The van der Waals surface area contributed by atoms with Gasteiger partial charge in [0.1, 0.15) is 10.6 Å². The Morgan fingerprint density at radius 2 is 2.00 bits per heavy atom. The molecule has 0 aliphatic rings. The minimum atomic E-state index is -3.75. The Labute approximate surface area is 98.8 Å². The predicted molar refractivity (Wildman–Crippen MR) is 62.2 cm³/mol. The summed E-state index contributed by atoms with van der Waals surface area (Å²) in [4.78, 5) is 10.9. The van der Waals surface area contributed by atoms with Gasteiger partial charge >= 0.3 is 0 Å². The van der Waals surface area contributed by atoms with Crippen molar-refractivity contribution < 1.29 is 17.9 Å². The van der Waals surface area contributed by atoms with Crippen LogP contribution in [0.15, 0.2) is 17.0 Å². The highest BCUT2D eigenvalue weighted by Crippen LogP contribution is 2.27. The van der Waals surface area contributed by atoms with Crippen molar-refractivity contribution in [3.8, 4) is 5.75 Å². The maximum absolute atomic E-state index is 11.6. The van der Waals surface area contributed by atoms with E-state index in [9.17, 15) is 13.2 Å². The molecular formula is C9H13N3O4S. The molecule has 17 heavy (non-hydrogen) atoms. The summed E-state index contributed by atoms with van der Waals surface area (Å²) in [7, 11) is -1.18. The summed E-state index contributed by atoms with van der Waals surface area (Å²) in [5.41, 5.74) is 10.6. The van der Waals surface area contributed by atoms with E-state index in [-0.39, 0.29) is 21.9 Å². The Bertz CT molecular complexity index is 554. The van der Waals surface area contributed by atoms with E-state index in [2.05, 4.69) is 4.72 Å². The number of rotatable bonds is 4. The number of nitrogens with two attached hydrogens (primary N) is 2. The maximum Gasteiger partial charge on any atom is 0.252 e. The molecule has 0 saturated carbocycles. The second-order valence-corrected chi connectivity index (χ2v) is 5.02. The van der Waals surface area contributed by atoms with Crippen LogP contribution in [0.4, 0.5) is 5.69 Å². The summed E-state index contributed by atoms with van der Waals surface area (Å²) in [6.07, 6.45) is 0. The SMILES string of the molecule is CNS(=O)(=O)c1cc(C(N)=O)c(OC)cc1N. The molecule has 1 rings (SSSR count). The molecule has 7 nitrogen and oxygen atoms in total. The van der Waals surface area contributed by atoms with Gasteiger partial charge in [0.05, 0.1) is 18.4 Å². The Hall–Kier alpha value is -1.80. The van der Waals surface area contributed by atoms with Gasteiger partial charge in [0.15, 0.2) is 0 Å². The molecule has 0 saturated heterocycles. The Morgan fingerprint density at radius 3 is 2.41 bits per heavy atom. The lowest BCUT2D eigenvalue weighted by Gasteiger charge is -2.11. The van der Waals surface area contributed by atoms with Crippen molar-refractivity contribution in [3.63, 3.8) is 0 Å². The van der Waals surface area contributed by atoms with Crippen LogP contribution >= 0.6 is 0 Å². The van der Waals surface area contributed by atoms with Crippen LogP contribution in [0.2, 0.25) is 0 Å². The van der Waals surface area contributed by atoms with Crippen LogP contribution in [-0.2, 0) is 10.0 Å². The van der Waals surface area contributed by atoms with Crippen molar-refractivity contribution in [2.75, 3.05) is 19.9 Å². The third-order valence-corrected chi connectivity index (χ3v) is 3.63. The second-order valence-electron chi connectivity index (χ2n) is 3.16. The van der Waals surface area contributed by atoms with Crippen LogP contribution in [0.25, 0.3) is 0 Å². The van der Waals surface area contributed by atoms with Crippen LogP contribution in [0, 0.1) is 0 Å². The number of benzene rings is 1. The zero-order valence-corrected chi connectivity index (χ0v) is 10.2. The van der Waals surface area contributed by atoms with Crippen LogP contribution < -0.4 is 20.9 Å². The molecule has 8 heteroatoms. The number of primary amides is 1. The van der Waals surface area contributed by atoms with Crippen molar-refractivity contribution in [2.45, 2.75) is 4.90 Å². The molecule has 1 amide bonds. The number of anilines is 1. The fraction of sp³-hybridized carbons (Fsp3) is 0.222. The third-order valence-electron chi connectivity index (χ3n) is 2.16. The number of hydrogen-bond donors (Lipinski definition) is 3. The molecule has 94 valence electrons. The van der Waals surface area contributed by atoms with Crippen molar-refractivity contribution in [2.24, 2.45) is 5.73 Å². The first kappa shape index (κ1) is 13.3. The van der Waals surface area contributed by atoms with E-state index in [4.69, 9.17) is 16.2 Å². The second kappa shape index (κ2) is 4.60. The zero-order valence-electron chi connectivity index (χ0n) is 9.35. The van der Waals surface area contributed by atoms with E-state index in [1.54, 1.807) is 0 Å². The number of sulfonamides is 1. The molecule has 0 spiro atoms. The standard InChI is InChI=1S/C9H13N3O4S/c1-12-17(14,15)8-3-5(9(11)13)7(16-2)4-6(8)10/h3-4,12H,10H2,1-2H3,(H2,11,13). The Morgan fingerprint density at radius 1 is 1.41 bits per heavy atom. The van der Waals surface area contributed by atoms with E-state index in [0.717, 1.165) is 6.07 Å². The molecular weight excluding hydrogens is 246 g/mol. The van der Waals surface area contributed by atoms with E-state index < -0.39 is 15.9 Å². The predicted octanol–water partition coefficient (Wildman–Crippen LogP) is -0.716. The molecule has 0 radical (unpaired) electrons. The van der Waals surface area contributed by atoms with Crippen LogP contribution in [0.3, 0.4) is 0 Å². The molecule has 0 unspecified atom stereocenters. The number of ether oxygens (including phenoxy) is 1. The number of amides is 1. The normalized spacial score (nSPS) is 11.2. The summed E-state index contributed by atoms with van der Waals surface area (Å²) in [5.74, 6) is -0.667. The molecule has 5 N–H and O–H groups in total. The first-order chi connectivity index (χ1) is 7.83. The quantitative estimate of drug-likeness (QED) is 0.616. The van der Waals surface area contributed by atoms with Gasteiger partial charge < -0.3 is 16.2 Å². The van der Waals surface area contributed by atoms with Gasteiger partial charge in [-0.15, -0.1) is 0 Å². The minimum absolute atomic E-state index is 0.0267. The largest absolute Gasteiger partial charge is 0.496 e. The fourth-order valence-corrected chi connectivity index (χ4v) is 2.14. The van der Waals surface area contributed by atoms with Crippen molar-refractivity contribution in [1.82, 2.24) is 4.72 Å². The first-order valence-electron chi connectivity index (χ1n) is 4.54. The van der Waals surface area contributed by atoms with Gasteiger partial charge in [-0.3, -0.25) is 4.79 Å². The van der Waals surface area contributed by atoms with Gasteiger partial charge in [-0.1, -0.05) is 0 Å². The van der Waals surface area contributed by atoms with Gasteiger partial charge in [0.2, 0.25) is 10.0 Å². The summed E-state index contributed by atoms with van der Waals surface area (Å²) >= 11 is 0. The molecule has 0 heterocycles. The number of nitrogen functional groups attached to an aromatic ring is 1. The number of carbonyl (C=O) groups excluding carboxylic acids is 1. The van der Waals surface area contributed by atoms with Gasteiger partial charge in [0, 0.05) is 6.07 Å². The fourth-order valence-electron chi connectivity index (χ4n) is 1.28. The summed E-state index contributed by atoms with van der Waals surface area (Å²) in [6.45, 7) is 0. The van der Waals surface area contributed by atoms with Crippen molar-refractivity contribution in [3.05, 3.63) is 17.7 Å². The van der Waals surface area contributed by atoms with E-state index in [1.807, 2.05) is 0 Å². The van der Waals surface area contributed by atoms with Crippen molar-refractivity contribution >= 4 is 21.6 Å². The topological polar surface area (TPSA) is 125 Å².